The van der Waals surface area contributed by atoms with E-state index in [4.69, 9.17) is 0 Å². The smallest absolute Gasteiger partial charge is 0.224 e. The third-order valence-electron chi connectivity index (χ3n) is 2.94. The van der Waals surface area contributed by atoms with Crippen LogP contribution in [0.25, 0.3) is 0 Å². The highest BCUT2D eigenvalue weighted by Crippen LogP contribution is 2.12. The van der Waals surface area contributed by atoms with E-state index < -0.39 is 0 Å². The Morgan fingerprint density at radius 2 is 2.19 bits per heavy atom. The van der Waals surface area contributed by atoms with Crippen molar-refractivity contribution in [2.45, 2.75) is 31.7 Å². The number of hydrogen-bond donors (Lipinski definition) is 2. The molecule has 1 atom stereocenters. The molecule has 1 saturated heterocycles. The second-order valence-electron chi connectivity index (χ2n) is 4.25. The zero-order valence-corrected chi connectivity index (χ0v) is 9.41. The van der Waals surface area contributed by atoms with Gasteiger partial charge in [0.05, 0.1) is 0 Å². The molecule has 1 heterocycles. The molecular weight excluding hydrogens is 200 g/mol. The Morgan fingerprint density at radius 1 is 1.38 bits per heavy atom. The Kier molecular flexibility index (Phi) is 3.94. The van der Waals surface area contributed by atoms with Gasteiger partial charge >= 0.3 is 0 Å². The highest BCUT2D eigenvalue weighted by molar-refractivity contribution is 5.90. The largest absolute Gasteiger partial charge is 0.326 e. The lowest BCUT2D eigenvalue weighted by atomic mass is 10.1. The van der Waals surface area contributed by atoms with Gasteiger partial charge in [0, 0.05) is 18.2 Å². The predicted molar refractivity (Wildman–Crippen MR) is 65.3 cm³/mol. The summed E-state index contributed by atoms with van der Waals surface area (Å²) in [7, 11) is 0. The lowest BCUT2D eigenvalue weighted by Gasteiger charge is -2.09. The van der Waals surface area contributed by atoms with Crippen molar-refractivity contribution in [3.63, 3.8) is 0 Å². The Hall–Kier alpha value is -1.35. The van der Waals surface area contributed by atoms with E-state index in [1.807, 2.05) is 30.3 Å². The van der Waals surface area contributed by atoms with Crippen molar-refractivity contribution < 1.29 is 4.79 Å². The average Bonchev–Trinajstić information content (AvgIpc) is 2.81. The minimum Gasteiger partial charge on any atom is -0.326 e. The van der Waals surface area contributed by atoms with Crippen LogP contribution in [0.5, 0.6) is 0 Å². The van der Waals surface area contributed by atoms with E-state index in [1.54, 1.807) is 0 Å². The Morgan fingerprint density at radius 3 is 2.88 bits per heavy atom. The maximum absolute atomic E-state index is 11.6. The molecule has 1 aromatic rings. The van der Waals surface area contributed by atoms with Gasteiger partial charge in [-0.05, 0) is 37.9 Å². The number of rotatable bonds is 4. The highest BCUT2D eigenvalue weighted by Gasteiger charge is 2.15. The van der Waals surface area contributed by atoms with Crippen molar-refractivity contribution in [2.24, 2.45) is 0 Å². The minimum atomic E-state index is 0.111. The van der Waals surface area contributed by atoms with Crippen molar-refractivity contribution in [1.82, 2.24) is 5.32 Å². The summed E-state index contributed by atoms with van der Waals surface area (Å²) in [6.07, 6.45) is 3.99. The first-order chi connectivity index (χ1) is 7.84. The molecular formula is C13H18N2O. The van der Waals surface area contributed by atoms with Gasteiger partial charge in [-0.2, -0.15) is 0 Å². The molecule has 3 nitrogen and oxygen atoms in total. The summed E-state index contributed by atoms with van der Waals surface area (Å²) in [5.74, 6) is 0.111. The molecule has 0 spiro atoms. The van der Waals surface area contributed by atoms with Crippen LogP contribution in [-0.4, -0.2) is 18.5 Å². The van der Waals surface area contributed by atoms with E-state index in [0.717, 1.165) is 18.7 Å². The van der Waals surface area contributed by atoms with Gasteiger partial charge < -0.3 is 10.6 Å². The van der Waals surface area contributed by atoms with Crippen LogP contribution < -0.4 is 10.6 Å². The molecule has 0 saturated carbocycles. The third kappa shape index (κ3) is 3.35. The summed E-state index contributed by atoms with van der Waals surface area (Å²) in [5.41, 5.74) is 0.881. The van der Waals surface area contributed by atoms with E-state index >= 15 is 0 Å². The molecule has 0 radical (unpaired) electrons. The fourth-order valence-corrected chi connectivity index (χ4v) is 2.05. The fourth-order valence-electron chi connectivity index (χ4n) is 2.05. The van der Waals surface area contributed by atoms with Gasteiger partial charge in [0.25, 0.3) is 0 Å². The summed E-state index contributed by atoms with van der Waals surface area (Å²) < 4.78 is 0. The van der Waals surface area contributed by atoms with Gasteiger partial charge in [0.2, 0.25) is 5.91 Å². The number of amides is 1. The topological polar surface area (TPSA) is 41.1 Å². The monoisotopic (exact) mass is 218 g/mol. The van der Waals surface area contributed by atoms with Gasteiger partial charge in [0.15, 0.2) is 0 Å². The molecule has 1 aliphatic heterocycles. The highest BCUT2D eigenvalue weighted by atomic mass is 16.1. The molecule has 1 fully saturated rings. The van der Waals surface area contributed by atoms with Crippen LogP contribution in [0, 0.1) is 0 Å². The molecule has 86 valence electrons. The van der Waals surface area contributed by atoms with E-state index in [1.165, 1.54) is 12.8 Å². The number of nitrogens with one attached hydrogen (secondary N) is 2. The standard InChI is InChI=1S/C13H18N2O/c16-13(9-8-11-7-4-10-14-11)15-12-5-2-1-3-6-12/h1-3,5-6,11,14H,4,7-10H2,(H,15,16). The second kappa shape index (κ2) is 5.66. The van der Waals surface area contributed by atoms with Gasteiger partial charge in [-0.25, -0.2) is 0 Å². The fraction of sp³-hybridized carbons (Fsp3) is 0.462. The van der Waals surface area contributed by atoms with Crippen molar-refractivity contribution in [1.29, 1.82) is 0 Å². The van der Waals surface area contributed by atoms with Crippen molar-refractivity contribution >= 4 is 11.6 Å². The maximum atomic E-state index is 11.6. The SMILES string of the molecule is O=C(CCC1CCCN1)Nc1ccccc1. The van der Waals surface area contributed by atoms with Gasteiger partial charge in [0.1, 0.15) is 0 Å². The normalized spacial score (nSPS) is 19.6. The molecule has 16 heavy (non-hydrogen) atoms. The second-order valence-corrected chi connectivity index (χ2v) is 4.25. The summed E-state index contributed by atoms with van der Waals surface area (Å²) in [6.45, 7) is 1.10. The number of anilines is 1. The minimum absolute atomic E-state index is 0.111. The van der Waals surface area contributed by atoms with Gasteiger partial charge in [-0.3, -0.25) is 4.79 Å². The summed E-state index contributed by atoms with van der Waals surface area (Å²) in [4.78, 5) is 11.6. The van der Waals surface area contributed by atoms with Crippen LogP contribution in [0.2, 0.25) is 0 Å². The Bertz CT molecular complexity index is 331. The van der Waals surface area contributed by atoms with Crippen LogP contribution in [-0.2, 0) is 4.79 Å². The van der Waals surface area contributed by atoms with Gasteiger partial charge in [-0.1, -0.05) is 18.2 Å². The van der Waals surface area contributed by atoms with Crippen molar-refractivity contribution in [2.75, 3.05) is 11.9 Å². The Balaban J connectivity index is 1.72. The first-order valence-electron chi connectivity index (χ1n) is 5.93. The first-order valence-corrected chi connectivity index (χ1v) is 5.93. The maximum Gasteiger partial charge on any atom is 0.224 e. The number of hydrogen-bond acceptors (Lipinski definition) is 2. The number of para-hydroxylation sites is 1. The molecule has 0 bridgehead atoms. The molecule has 2 rings (SSSR count). The lowest BCUT2D eigenvalue weighted by Crippen LogP contribution is -2.23. The number of carbonyl (C=O) groups excluding carboxylic acids is 1. The van der Waals surface area contributed by atoms with Crippen LogP contribution in [0.3, 0.4) is 0 Å². The number of carbonyl (C=O) groups is 1. The van der Waals surface area contributed by atoms with Crippen molar-refractivity contribution in [3.8, 4) is 0 Å². The van der Waals surface area contributed by atoms with Crippen LogP contribution in [0.1, 0.15) is 25.7 Å². The average molecular weight is 218 g/mol. The van der Waals surface area contributed by atoms with Crippen LogP contribution in [0.15, 0.2) is 30.3 Å². The third-order valence-corrected chi connectivity index (χ3v) is 2.94. The summed E-state index contributed by atoms with van der Waals surface area (Å²) in [6, 6.07) is 10.2. The molecule has 3 heteroatoms. The lowest BCUT2D eigenvalue weighted by molar-refractivity contribution is -0.116. The molecule has 1 amide bonds. The van der Waals surface area contributed by atoms with Crippen LogP contribution >= 0.6 is 0 Å². The number of benzene rings is 1. The van der Waals surface area contributed by atoms with Crippen LogP contribution in [0.4, 0.5) is 5.69 Å². The molecule has 0 aromatic heterocycles. The molecule has 1 aromatic carbocycles. The summed E-state index contributed by atoms with van der Waals surface area (Å²) in [5, 5.41) is 6.29. The molecule has 1 unspecified atom stereocenters. The van der Waals surface area contributed by atoms with E-state index in [-0.39, 0.29) is 5.91 Å². The predicted octanol–water partition coefficient (Wildman–Crippen LogP) is 2.16. The quantitative estimate of drug-likeness (QED) is 0.813. The van der Waals surface area contributed by atoms with E-state index in [9.17, 15) is 4.79 Å². The Labute approximate surface area is 96.2 Å². The molecule has 2 N–H and O–H groups in total. The van der Waals surface area contributed by atoms with E-state index in [0.29, 0.717) is 12.5 Å². The zero-order chi connectivity index (χ0) is 11.2. The van der Waals surface area contributed by atoms with Gasteiger partial charge in [-0.15, -0.1) is 0 Å². The molecule has 0 aliphatic carbocycles. The van der Waals surface area contributed by atoms with E-state index in [2.05, 4.69) is 10.6 Å². The molecule has 1 aliphatic rings. The van der Waals surface area contributed by atoms with Crippen molar-refractivity contribution in [3.05, 3.63) is 30.3 Å². The zero-order valence-electron chi connectivity index (χ0n) is 9.41. The first kappa shape index (κ1) is 11.1. The summed E-state index contributed by atoms with van der Waals surface area (Å²) >= 11 is 0.